The van der Waals surface area contributed by atoms with E-state index in [9.17, 15) is 9.18 Å². The van der Waals surface area contributed by atoms with E-state index in [1.54, 1.807) is 0 Å². The molecule has 2 rings (SSSR count). The summed E-state index contributed by atoms with van der Waals surface area (Å²) < 4.78 is 13.7. The lowest BCUT2D eigenvalue weighted by molar-refractivity contribution is 0.0696. The SMILES string of the molecule is Cc1ccccc1C(C)NCc1cc(C(=O)O)ccc1F. The molecule has 0 amide bonds. The van der Waals surface area contributed by atoms with Gasteiger partial charge in [-0.2, -0.15) is 0 Å². The first-order chi connectivity index (χ1) is 9.99. The lowest BCUT2D eigenvalue weighted by Gasteiger charge is -2.17. The fourth-order valence-electron chi connectivity index (χ4n) is 2.29. The minimum absolute atomic E-state index is 0.0547. The van der Waals surface area contributed by atoms with Crippen molar-refractivity contribution in [2.45, 2.75) is 26.4 Å². The van der Waals surface area contributed by atoms with Crippen LogP contribution in [-0.4, -0.2) is 11.1 Å². The van der Waals surface area contributed by atoms with Crippen LogP contribution >= 0.6 is 0 Å². The van der Waals surface area contributed by atoms with E-state index < -0.39 is 11.8 Å². The fraction of sp³-hybridized carbons (Fsp3) is 0.235. The number of aryl methyl sites for hydroxylation is 1. The lowest BCUT2D eigenvalue weighted by atomic mass is 10.0. The summed E-state index contributed by atoms with van der Waals surface area (Å²) in [4.78, 5) is 10.9. The molecule has 4 heteroatoms. The number of aromatic carboxylic acids is 1. The first kappa shape index (κ1) is 15.2. The standard InChI is InChI=1S/C17H18FNO2/c1-11-5-3-4-6-15(11)12(2)19-10-14-9-13(17(20)21)7-8-16(14)18/h3-9,12,19H,10H2,1-2H3,(H,20,21). The van der Waals surface area contributed by atoms with E-state index in [0.29, 0.717) is 5.56 Å². The summed E-state index contributed by atoms with van der Waals surface area (Å²) in [5, 5.41) is 12.2. The molecule has 0 spiro atoms. The minimum Gasteiger partial charge on any atom is -0.478 e. The van der Waals surface area contributed by atoms with Crippen molar-refractivity contribution in [1.29, 1.82) is 0 Å². The number of nitrogens with one attached hydrogen (secondary N) is 1. The van der Waals surface area contributed by atoms with Gasteiger partial charge >= 0.3 is 5.97 Å². The molecule has 0 bridgehead atoms. The van der Waals surface area contributed by atoms with Gasteiger partial charge < -0.3 is 10.4 Å². The number of benzene rings is 2. The number of carbonyl (C=O) groups is 1. The van der Waals surface area contributed by atoms with Crippen molar-refractivity contribution in [3.8, 4) is 0 Å². The molecule has 2 N–H and O–H groups in total. The van der Waals surface area contributed by atoms with Crippen LogP contribution in [0, 0.1) is 12.7 Å². The van der Waals surface area contributed by atoms with Gasteiger partial charge in [0, 0.05) is 18.2 Å². The van der Waals surface area contributed by atoms with Gasteiger partial charge in [0.2, 0.25) is 0 Å². The van der Waals surface area contributed by atoms with Crippen LogP contribution < -0.4 is 5.32 Å². The Kier molecular flexibility index (Phi) is 4.70. The molecule has 0 radical (unpaired) electrons. The van der Waals surface area contributed by atoms with Crippen molar-refractivity contribution < 1.29 is 14.3 Å². The molecule has 0 heterocycles. The Hall–Kier alpha value is -2.20. The van der Waals surface area contributed by atoms with Crippen LogP contribution in [0.15, 0.2) is 42.5 Å². The number of rotatable bonds is 5. The number of hydrogen-bond acceptors (Lipinski definition) is 2. The van der Waals surface area contributed by atoms with Gasteiger partial charge in [0.1, 0.15) is 5.82 Å². The molecule has 1 atom stereocenters. The van der Waals surface area contributed by atoms with Gasteiger partial charge in [0.15, 0.2) is 0 Å². The second kappa shape index (κ2) is 6.50. The zero-order chi connectivity index (χ0) is 15.4. The van der Waals surface area contributed by atoms with Crippen molar-refractivity contribution >= 4 is 5.97 Å². The molecule has 1 unspecified atom stereocenters. The van der Waals surface area contributed by atoms with Crippen LogP contribution in [0.1, 0.15) is 40.0 Å². The highest BCUT2D eigenvalue weighted by Gasteiger charge is 2.11. The van der Waals surface area contributed by atoms with Crippen molar-refractivity contribution in [1.82, 2.24) is 5.32 Å². The third kappa shape index (κ3) is 3.67. The summed E-state index contributed by atoms with van der Waals surface area (Å²) >= 11 is 0. The van der Waals surface area contributed by atoms with Crippen LogP contribution in [0.4, 0.5) is 4.39 Å². The molecule has 0 saturated carbocycles. The zero-order valence-corrected chi connectivity index (χ0v) is 12.1. The fourth-order valence-corrected chi connectivity index (χ4v) is 2.29. The van der Waals surface area contributed by atoms with Crippen molar-refractivity contribution in [3.63, 3.8) is 0 Å². The van der Waals surface area contributed by atoms with E-state index >= 15 is 0 Å². The molecular weight excluding hydrogens is 269 g/mol. The Balaban J connectivity index is 2.11. The molecule has 2 aromatic carbocycles. The van der Waals surface area contributed by atoms with Crippen molar-refractivity contribution in [3.05, 3.63) is 70.5 Å². The number of carboxylic acids is 1. The van der Waals surface area contributed by atoms with E-state index in [1.165, 1.54) is 18.2 Å². The number of halogens is 1. The third-order valence-electron chi connectivity index (χ3n) is 3.55. The van der Waals surface area contributed by atoms with Gasteiger partial charge in [-0.05, 0) is 43.2 Å². The predicted octanol–water partition coefficient (Wildman–Crippen LogP) is 3.68. The maximum Gasteiger partial charge on any atom is 0.335 e. The quantitative estimate of drug-likeness (QED) is 0.882. The monoisotopic (exact) mass is 287 g/mol. The largest absolute Gasteiger partial charge is 0.478 e. The van der Waals surface area contributed by atoms with Gasteiger partial charge in [-0.1, -0.05) is 24.3 Å². The molecule has 110 valence electrons. The Morgan fingerprint density at radius 2 is 2.00 bits per heavy atom. The van der Waals surface area contributed by atoms with E-state index in [-0.39, 0.29) is 18.2 Å². The number of carboxylic acid groups (broad SMARTS) is 1. The predicted molar refractivity (Wildman–Crippen MR) is 79.8 cm³/mol. The van der Waals surface area contributed by atoms with Gasteiger partial charge in [-0.15, -0.1) is 0 Å². The Morgan fingerprint density at radius 1 is 1.29 bits per heavy atom. The molecule has 0 saturated heterocycles. The molecule has 0 aliphatic carbocycles. The van der Waals surface area contributed by atoms with Crippen molar-refractivity contribution in [2.24, 2.45) is 0 Å². The molecule has 0 aliphatic rings. The normalized spacial score (nSPS) is 12.1. The highest BCUT2D eigenvalue weighted by atomic mass is 19.1. The minimum atomic E-state index is -1.05. The Bertz CT molecular complexity index is 655. The summed E-state index contributed by atoms with van der Waals surface area (Å²) in [7, 11) is 0. The van der Waals surface area contributed by atoms with Crippen LogP contribution in [0.5, 0.6) is 0 Å². The first-order valence-corrected chi connectivity index (χ1v) is 6.79. The Morgan fingerprint density at radius 3 is 2.67 bits per heavy atom. The molecule has 21 heavy (non-hydrogen) atoms. The highest BCUT2D eigenvalue weighted by Crippen LogP contribution is 2.18. The van der Waals surface area contributed by atoms with E-state index in [1.807, 2.05) is 38.1 Å². The van der Waals surface area contributed by atoms with E-state index in [4.69, 9.17) is 5.11 Å². The second-order valence-electron chi connectivity index (χ2n) is 5.07. The van der Waals surface area contributed by atoms with Crippen LogP contribution in [0.2, 0.25) is 0 Å². The summed E-state index contributed by atoms with van der Waals surface area (Å²) in [5.74, 6) is -1.45. The van der Waals surface area contributed by atoms with Crippen LogP contribution in [0.3, 0.4) is 0 Å². The van der Waals surface area contributed by atoms with Gasteiger partial charge in [-0.3, -0.25) is 0 Å². The maximum absolute atomic E-state index is 13.7. The molecular formula is C17H18FNO2. The summed E-state index contributed by atoms with van der Waals surface area (Å²) in [6, 6.07) is 11.9. The first-order valence-electron chi connectivity index (χ1n) is 6.79. The third-order valence-corrected chi connectivity index (χ3v) is 3.55. The van der Waals surface area contributed by atoms with Gasteiger partial charge in [0.05, 0.1) is 5.56 Å². The Labute approximate surface area is 123 Å². The average Bonchev–Trinajstić information content (AvgIpc) is 2.46. The summed E-state index contributed by atoms with van der Waals surface area (Å²) in [6.45, 7) is 4.31. The van der Waals surface area contributed by atoms with Crippen LogP contribution in [-0.2, 0) is 6.54 Å². The highest BCUT2D eigenvalue weighted by molar-refractivity contribution is 5.87. The number of hydrogen-bond donors (Lipinski definition) is 2. The molecule has 0 fully saturated rings. The van der Waals surface area contributed by atoms with Crippen molar-refractivity contribution in [2.75, 3.05) is 0 Å². The second-order valence-corrected chi connectivity index (χ2v) is 5.07. The smallest absolute Gasteiger partial charge is 0.335 e. The topological polar surface area (TPSA) is 49.3 Å². The van der Waals surface area contributed by atoms with Crippen LogP contribution in [0.25, 0.3) is 0 Å². The molecule has 0 aliphatic heterocycles. The lowest BCUT2D eigenvalue weighted by Crippen LogP contribution is -2.19. The van der Waals surface area contributed by atoms with E-state index in [2.05, 4.69) is 5.32 Å². The zero-order valence-electron chi connectivity index (χ0n) is 12.1. The van der Waals surface area contributed by atoms with Gasteiger partial charge in [-0.25, -0.2) is 9.18 Å². The van der Waals surface area contributed by atoms with E-state index in [0.717, 1.165) is 11.1 Å². The average molecular weight is 287 g/mol. The molecule has 0 aromatic heterocycles. The molecule has 2 aromatic rings. The summed E-state index contributed by atoms with van der Waals surface area (Å²) in [5.41, 5.74) is 2.76. The molecule has 3 nitrogen and oxygen atoms in total. The summed E-state index contributed by atoms with van der Waals surface area (Å²) in [6.07, 6.45) is 0. The van der Waals surface area contributed by atoms with Gasteiger partial charge in [0.25, 0.3) is 0 Å². The maximum atomic E-state index is 13.7.